The molecule has 0 saturated heterocycles. The molecule has 1 aromatic carbocycles. The Morgan fingerprint density at radius 2 is 1.88 bits per heavy atom. The molecule has 0 aliphatic carbocycles. The first-order valence-corrected chi connectivity index (χ1v) is 5.63. The van der Waals surface area contributed by atoms with Crippen molar-refractivity contribution in [2.45, 2.75) is 25.9 Å². The van der Waals surface area contributed by atoms with Crippen LogP contribution >= 0.6 is 11.6 Å². The summed E-state index contributed by atoms with van der Waals surface area (Å²) in [7, 11) is 0. The van der Waals surface area contributed by atoms with Crippen molar-refractivity contribution in [2.75, 3.05) is 5.88 Å². The molecule has 0 N–H and O–H groups in total. The Labute approximate surface area is 98.4 Å². The van der Waals surface area contributed by atoms with E-state index in [0.717, 1.165) is 6.07 Å². The van der Waals surface area contributed by atoms with E-state index in [-0.39, 0.29) is 11.8 Å². The highest BCUT2D eigenvalue weighted by Gasteiger charge is 2.31. The minimum absolute atomic E-state index is 0.0380. The van der Waals surface area contributed by atoms with Gasteiger partial charge in [-0.25, -0.2) is 0 Å². The van der Waals surface area contributed by atoms with E-state index in [9.17, 15) is 13.2 Å². The molecule has 4 heteroatoms. The molecular formula is C12H14ClF3. The van der Waals surface area contributed by atoms with Gasteiger partial charge in [0.05, 0.1) is 5.56 Å². The largest absolute Gasteiger partial charge is 0.416 e. The van der Waals surface area contributed by atoms with Crippen molar-refractivity contribution in [1.82, 2.24) is 0 Å². The summed E-state index contributed by atoms with van der Waals surface area (Å²) in [6, 6.07) is 5.39. The summed E-state index contributed by atoms with van der Waals surface area (Å²) in [5.41, 5.74) is 0.0422. The quantitative estimate of drug-likeness (QED) is 0.683. The van der Waals surface area contributed by atoms with Crippen LogP contribution in [0.15, 0.2) is 24.3 Å². The Bertz CT molecular complexity index is 344. The fourth-order valence-corrected chi connectivity index (χ4v) is 2.13. The maximum absolute atomic E-state index is 12.5. The molecule has 16 heavy (non-hydrogen) atoms. The third-order valence-electron chi connectivity index (χ3n) is 2.61. The third-order valence-corrected chi connectivity index (χ3v) is 2.95. The maximum atomic E-state index is 12.5. The van der Waals surface area contributed by atoms with E-state index in [2.05, 4.69) is 0 Å². The SMILES string of the molecule is CC(C)C(CCl)c1cccc(C(F)(F)F)c1. The Balaban J connectivity index is 3.07. The number of hydrogen-bond acceptors (Lipinski definition) is 0. The Morgan fingerprint density at radius 1 is 1.25 bits per heavy atom. The minimum atomic E-state index is -4.29. The third kappa shape index (κ3) is 3.14. The van der Waals surface area contributed by atoms with E-state index in [0.29, 0.717) is 11.4 Å². The van der Waals surface area contributed by atoms with Gasteiger partial charge in [-0.15, -0.1) is 11.6 Å². The van der Waals surface area contributed by atoms with Gasteiger partial charge in [-0.05, 0) is 23.5 Å². The summed E-state index contributed by atoms with van der Waals surface area (Å²) in [5, 5.41) is 0. The van der Waals surface area contributed by atoms with Gasteiger partial charge < -0.3 is 0 Å². The van der Waals surface area contributed by atoms with Crippen LogP contribution in [0.25, 0.3) is 0 Å². The molecule has 0 spiro atoms. The second-order valence-electron chi connectivity index (χ2n) is 4.13. The van der Waals surface area contributed by atoms with Crippen LogP contribution in [-0.2, 0) is 6.18 Å². The molecule has 0 nitrogen and oxygen atoms in total. The molecule has 0 amide bonds. The average Bonchev–Trinajstić information content (AvgIpc) is 2.17. The van der Waals surface area contributed by atoms with E-state index in [1.54, 1.807) is 6.07 Å². The van der Waals surface area contributed by atoms with Gasteiger partial charge in [-0.2, -0.15) is 13.2 Å². The molecule has 90 valence electrons. The van der Waals surface area contributed by atoms with Crippen LogP contribution < -0.4 is 0 Å². The van der Waals surface area contributed by atoms with Crippen molar-refractivity contribution >= 4 is 11.6 Å². The Morgan fingerprint density at radius 3 is 2.31 bits per heavy atom. The summed E-state index contributed by atoms with van der Waals surface area (Å²) in [4.78, 5) is 0. The van der Waals surface area contributed by atoms with Gasteiger partial charge in [-0.3, -0.25) is 0 Å². The topological polar surface area (TPSA) is 0 Å². The standard InChI is InChI=1S/C12H14ClF3/c1-8(2)11(7-13)9-4-3-5-10(6-9)12(14,15)16/h3-6,8,11H,7H2,1-2H3. The normalized spacial score (nSPS) is 14.2. The van der Waals surface area contributed by atoms with Crippen LogP contribution in [0.4, 0.5) is 13.2 Å². The van der Waals surface area contributed by atoms with Crippen molar-refractivity contribution < 1.29 is 13.2 Å². The molecular weight excluding hydrogens is 237 g/mol. The van der Waals surface area contributed by atoms with E-state index >= 15 is 0 Å². The summed E-state index contributed by atoms with van der Waals surface area (Å²) in [5.74, 6) is 0.517. The summed E-state index contributed by atoms with van der Waals surface area (Å²) in [6.07, 6.45) is -4.29. The van der Waals surface area contributed by atoms with Gasteiger partial charge in [0, 0.05) is 5.88 Å². The molecule has 1 unspecified atom stereocenters. The highest BCUT2D eigenvalue weighted by molar-refractivity contribution is 6.18. The first-order chi connectivity index (χ1) is 7.36. The van der Waals surface area contributed by atoms with Crippen molar-refractivity contribution in [3.05, 3.63) is 35.4 Å². The fraction of sp³-hybridized carbons (Fsp3) is 0.500. The molecule has 0 radical (unpaired) electrons. The summed E-state index contributed by atoms with van der Waals surface area (Å²) >= 11 is 5.78. The van der Waals surface area contributed by atoms with E-state index in [4.69, 9.17) is 11.6 Å². The Kier molecular flexibility index (Phi) is 4.25. The van der Waals surface area contributed by atoms with Crippen molar-refractivity contribution in [1.29, 1.82) is 0 Å². The number of alkyl halides is 4. The van der Waals surface area contributed by atoms with Crippen molar-refractivity contribution in [3.8, 4) is 0 Å². The van der Waals surface area contributed by atoms with Gasteiger partial charge in [0.25, 0.3) is 0 Å². The van der Waals surface area contributed by atoms with E-state index in [1.165, 1.54) is 12.1 Å². The second-order valence-corrected chi connectivity index (χ2v) is 4.44. The molecule has 0 fully saturated rings. The lowest BCUT2D eigenvalue weighted by Crippen LogP contribution is -2.11. The number of hydrogen-bond donors (Lipinski definition) is 0. The zero-order valence-corrected chi connectivity index (χ0v) is 9.94. The van der Waals surface area contributed by atoms with Crippen LogP contribution in [0.2, 0.25) is 0 Å². The van der Waals surface area contributed by atoms with E-state index in [1.807, 2.05) is 13.8 Å². The highest BCUT2D eigenvalue weighted by atomic mass is 35.5. The van der Waals surface area contributed by atoms with Crippen LogP contribution in [0.1, 0.15) is 30.9 Å². The van der Waals surface area contributed by atoms with Crippen LogP contribution in [0, 0.1) is 5.92 Å². The summed E-state index contributed by atoms with van der Waals surface area (Å²) in [6.45, 7) is 3.90. The molecule has 0 heterocycles. The molecule has 0 aliphatic rings. The molecule has 1 rings (SSSR count). The van der Waals surface area contributed by atoms with Gasteiger partial charge in [-0.1, -0.05) is 32.0 Å². The highest BCUT2D eigenvalue weighted by Crippen LogP contribution is 2.33. The number of benzene rings is 1. The summed E-state index contributed by atoms with van der Waals surface area (Å²) < 4.78 is 37.5. The van der Waals surface area contributed by atoms with Gasteiger partial charge in [0.2, 0.25) is 0 Å². The smallest absolute Gasteiger partial charge is 0.166 e. The monoisotopic (exact) mass is 250 g/mol. The minimum Gasteiger partial charge on any atom is -0.166 e. The van der Waals surface area contributed by atoms with Crippen LogP contribution in [0.3, 0.4) is 0 Å². The van der Waals surface area contributed by atoms with Gasteiger partial charge >= 0.3 is 6.18 Å². The maximum Gasteiger partial charge on any atom is 0.416 e. The average molecular weight is 251 g/mol. The zero-order valence-electron chi connectivity index (χ0n) is 9.18. The zero-order chi connectivity index (χ0) is 12.3. The molecule has 0 aliphatic heterocycles. The van der Waals surface area contributed by atoms with Crippen molar-refractivity contribution in [2.24, 2.45) is 5.92 Å². The molecule has 0 saturated carbocycles. The molecule has 0 aromatic heterocycles. The van der Waals surface area contributed by atoms with Crippen LogP contribution in [-0.4, -0.2) is 5.88 Å². The first-order valence-electron chi connectivity index (χ1n) is 5.09. The lowest BCUT2D eigenvalue weighted by molar-refractivity contribution is -0.137. The fourth-order valence-electron chi connectivity index (χ4n) is 1.60. The predicted molar refractivity (Wildman–Crippen MR) is 59.7 cm³/mol. The molecule has 1 aromatic rings. The second kappa shape index (κ2) is 5.09. The predicted octanol–water partition coefficient (Wildman–Crippen LogP) is 4.68. The first kappa shape index (κ1) is 13.4. The van der Waals surface area contributed by atoms with Gasteiger partial charge in [0.15, 0.2) is 0 Å². The number of rotatable bonds is 3. The lowest BCUT2D eigenvalue weighted by Gasteiger charge is -2.19. The van der Waals surface area contributed by atoms with Gasteiger partial charge in [0.1, 0.15) is 0 Å². The molecule has 0 bridgehead atoms. The molecule has 1 atom stereocenters. The van der Waals surface area contributed by atoms with Crippen molar-refractivity contribution in [3.63, 3.8) is 0 Å². The Hall–Kier alpha value is -0.700. The number of halogens is 4. The van der Waals surface area contributed by atoms with Crippen LogP contribution in [0.5, 0.6) is 0 Å². The lowest BCUT2D eigenvalue weighted by atomic mass is 9.89. The van der Waals surface area contributed by atoms with E-state index < -0.39 is 11.7 Å².